The first-order valence-electron chi connectivity index (χ1n) is 5.67. The Morgan fingerprint density at radius 2 is 2.11 bits per heavy atom. The Bertz CT molecular complexity index is 435. The van der Waals surface area contributed by atoms with E-state index in [2.05, 4.69) is 31.5 Å². The van der Waals surface area contributed by atoms with Crippen molar-refractivity contribution < 1.29 is 9.59 Å². The molecule has 6 heteroatoms. The lowest BCUT2D eigenvalue weighted by Gasteiger charge is -2.08. The molecule has 0 aliphatic heterocycles. The van der Waals surface area contributed by atoms with E-state index in [0.29, 0.717) is 12.1 Å². The highest BCUT2D eigenvalue weighted by molar-refractivity contribution is 9.10. The van der Waals surface area contributed by atoms with Gasteiger partial charge in [-0.1, -0.05) is 0 Å². The zero-order valence-electron chi connectivity index (χ0n) is 10.4. The lowest BCUT2D eigenvalue weighted by molar-refractivity contribution is -0.121. The summed E-state index contributed by atoms with van der Waals surface area (Å²) in [5.74, 6) is -0.307. The minimum atomic E-state index is -0.235. The van der Waals surface area contributed by atoms with Crippen molar-refractivity contribution in [3.8, 4) is 0 Å². The highest BCUT2D eigenvalue weighted by Crippen LogP contribution is 2.09. The number of hydrogen-bond donors (Lipinski definition) is 2. The number of pyridine rings is 1. The summed E-state index contributed by atoms with van der Waals surface area (Å²) >= 11 is 3.24. The first-order valence-corrected chi connectivity index (χ1v) is 6.46. The van der Waals surface area contributed by atoms with Crippen LogP contribution in [0.5, 0.6) is 0 Å². The van der Waals surface area contributed by atoms with E-state index in [0.717, 1.165) is 4.47 Å². The lowest BCUT2D eigenvalue weighted by atomic mass is 10.2. The van der Waals surface area contributed by atoms with Gasteiger partial charge in [-0.05, 0) is 35.8 Å². The normalized spacial score (nSPS) is 10.2. The van der Waals surface area contributed by atoms with Crippen molar-refractivity contribution in [1.82, 2.24) is 15.6 Å². The molecule has 0 aliphatic carbocycles. The average molecular weight is 314 g/mol. The molecule has 98 valence electrons. The highest BCUT2D eigenvalue weighted by atomic mass is 79.9. The van der Waals surface area contributed by atoms with Crippen molar-refractivity contribution in [2.75, 3.05) is 6.54 Å². The molecule has 1 aromatic rings. The number of nitrogens with one attached hydrogen (secondary N) is 2. The van der Waals surface area contributed by atoms with E-state index in [1.165, 1.54) is 6.20 Å². The molecule has 0 unspecified atom stereocenters. The topological polar surface area (TPSA) is 71.1 Å². The van der Waals surface area contributed by atoms with E-state index in [1.807, 2.05) is 13.8 Å². The summed E-state index contributed by atoms with van der Waals surface area (Å²) in [7, 11) is 0. The Balaban J connectivity index is 2.36. The van der Waals surface area contributed by atoms with Gasteiger partial charge in [-0.25, -0.2) is 0 Å². The predicted molar refractivity (Wildman–Crippen MR) is 72.2 cm³/mol. The molecule has 0 radical (unpaired) electrons. The van der Waals surface area contributed by atoms with Crippen molar-refractivity contribution >= 4 is 27.7 Å². The molecule has 0 aromatic carbocycles. The van der Waals surface area contributed by atoms with Crippen LogP contribution < -0.4 is 10.6 Å². The van der Waals surface area contributed by atoms with Gasteiger partial charge in [0.05, 0.1) is 5.56 Å². The summed E-state index contributed by atoms with van der Waals surface area (Å²) in [6.07, 6.45) is 3.35. The highest BCUT2D eigenvalue weighted by Gasteiger charge is 2.07. The van der Waals surface area contributed by atoms with Gasteiger partial charge in [-0.15, -0.1) is 0 Å². The third-order valence-corrected chi connectivity index (χ3v) is 2.49. The van der Waals surface area contributed by atoms with Crippen molar-refractivity contribution in [2.24, 2.45) is 0 Å². The van der Waals surface area contributed by atoms with Crippen LogP contribution in [0.4, 0.5) is 0 Å². The Morgan fingerprint density at radius 1 is 1.39 bits per heavy atom. The summed E-state index contributed by atoms with van der Waals surface area (Å²) in [4.78, 5) is 26.9. The molecule has 1 rings (SSSR count). The zero-order chi connectivity index (χ0) is 13.5. The molecule has 0 saturated heterocycles. The first-order chi connectivity index (χ1) is 8.49. The van der Waals surface area contributed by atoms with Crippen molar-refractivity contribution in [1.29, 1.82) is 0 Å². The fourth-order valence-electron chi connectivity index (χ4n) is 1.32. The van der Waals surface area contributed by atoms with Crippen LogP contribution in [-0.4, -0.2) is 29.4 Å². The fraction of sp³-hybridized carbons (Fsp3) is 0.417. The van der Waals surface area contributed by atoms with Crippen molar-refractivity contribution in [3.63, 3.8) is 0 Å². The largest absolute Gasteiger partial charge is 0.354 e. The first kappa shape index (κ1) is 14.6. The molecule has 1 aromatic heterocycles. The Kier molecular flexibility index (Phi) is 5.77. The number of halogens is 1. The molecule has 2 amide bonds. The molecule has 0 atom stereocenters. The van der Waals surface area contributed by atoms with E-state index in [1.54, 1.807) is 12.3 Å². The fourth-order valence-corrected chi connectivity index (χ4v) is 1.69. The van der Waals surface area contributed by atoms with Crippen molar-refractivity contribution in [2.45, 2.75) is 26.3 Å². The maximum Gasteiger partial charge on any atom is 0.252 e. The number of hydrogen-bond acceptors (Lipinski definition) is 3. The molecule has 2 N–H and O–H groups in total. The predicted octanol–water partition coefficient (Wildman–Crippen LogP) is 1.49. The number of amides is 2. The quantitative estimate of drug-likeness (QED) is 0.865. The smallest absolute Gasteiger partial charge is 0.252 e. The van der Waals surface area contributed by atoms with Crippen LogP contribution in [0, 0.1) is 0 Å². The van der Waals surface area contributed by atoms with E-state index >= 15 is 0 Å². The van der Waals surface area contributed by atoms with Crippen LogP contribution in [0.1, 0.15) is 30.6 Å². The zero-order valence-corrected chi connectivity index (χ0v) is 12.0. The molecule has 5 nitrogen and oxygen atoms in total. The molecule has 18 heavy (non-hydrogen) atoms. The summed E-state index contributed by atoms with van der Waals surface area (Å²) in [6.45, 7) is 4.09. The van der Waals surface area contributed by atoms with Crippen LogP contribution in [0.25, 0.3) is 0 Å². The minimum absolute atomic E-state index is 0.0716. The SMILES string of the molecule is CC(C)NC(=O)CCNC(=O)c1cncc(Br)c1. The molecule has 0 spiro atoms. The third-order valence-electron chi connectivity index (χ3n) is 2.05. The number of carbonyl (C=O) groups excluding carboxylic acids is 2. The Hall–Kier alpha value is -1.43. The van der Waals surface area contributed by atoms with Gasteiger partial charge in [0.1, 0.15) is 0 Å². The Labute approximate surface area is 114 Å². The number of carbonyl (C=O) groups is 2. The summed E-state index contributed by atoms with van der Waals surface area (Å²) < 4.78 is 0.743. The molecular weight excluding hydrogens is 298 g/mol. The molecule has 1 heterocycles. The van der Waals surface area contributed by atoms with Crippen LogP contribution in [0.2, 0.25) is 0 Å². The molecule has 0 aliphatic rings. The van der Waals surface area contributed by atoms with Crippen LogP contribution in [0.15, 0.2) is 22.9 Å². The Morgan fingerprint density at radius 3 is 2.72 bits per heavy atom. The van der Waals surface area contributed by atoms with Gasteiger partial charge >= 0.3 is 0 Å². The standard InChI is InChI=1S/C12H16BrN3O2/c1-8(2)16-11(17)3-4-15-12(18)9-5-10(13)7-14-6-9/h5-8H,3-4H2,1-2H3,(H,15,18)(H,16,17). The lowest BCUT2D eigenvalue weighted by Crippen LogP contribution is -2.34. The second kappa shape index (κ2) is 7.10. The maximum absolute atomic E-state index is 11.7. The molecule has 0 saturated carbocycles. The van der Waals surface area contributed by atoms with Crippen LogP contribution in [0.3, 0.4) is 0 Å². The van der Waals surface area contributed by atoms with Gasteiger partial charge in [0, 0.05) is 35.9 Å². The van der Waals surface area contributed by atoms with E-state index in [-0.39, 0.29) is 24.3 Å². The number of aromatic nitrogens is 1. The third kappa shape index (κ3) is 5.27. The summed E-state index contributed by atoms with van der Waals surface area (Å²) in [5, 5.41) is 5.42. The van der Waals surface area contributed by atoms with Gasteiger partial charge in [0.2, 0.25) is 5.91 Å². The summed E-state index contributed by atoms with van der Waals surface area (Å²) in [6, 6.07) is 1.79. The number of rotatable bonds is 5. The van der Waals surface area contributed by atoms with E-state index in [4.69, 9.17) is 0 Å². The monoisotopic (exact) mass is 313 g/mol. The molecule has 0 bridgehead atoms. The minimum Gasteiger partial charge on any atom is -0.354 e. The van der Waals surface area contributed by atoms with Gasteiger partial charge in [-0.3, -0.25) is 14.6 Å². The average Bonchev–Trinajstić information content (AvgIpc) is 2.27. The van der Waals surface area contributed by atoms with Crippen LogP contribution in [-0.2, 0) is 4.79 Å². The summed E-state index contributed by atoms with van der Waals surface area (Å²) in [5.41, 5.74) is 0.466. The molecule has 0 fully saturated rings. The van der Waals surface area contributed by atoms with Gasteiger partial charge in [0.15, 0.2) is 0 Å². The van der Waals surface area contributed by atoms with Crippen molar-refractivity contribution in [3.05, 3.63) is 28.5 Å². The van der Waals surface area contributed by atoms with Gasteiger partial charge < -0.3 is 10.6 Å². The molecular formula is C12H16BrN3O2. The second-order valence-electron chi connectivity index (χ2n) is 4.12. The van der Waals surface area contributed by atoms with Crippen LogP contribution >= 0.6 is 15.9 Å². The van der Waals surface area contributed by atoms with Gasteiger partial charge in [0.25, 0.3) is 5.91 Å². The van der Waals surface area contributed by atoms with E-state index < -0.39 is 0 Å². The maximum atomic E-state index is 11.7. The second-order valence-corrected chi connectivity index (χ2v) is 5.04. The van der Waals surface area contributed by atoms with E-state index in [9.17, 15) is 9.59 Å². The van der Waals surface area contributed by atoms with Gasteiger partial charge in [-0.2, -0.15) is 0 Å². The number of nitrogens with zero attached hydrogens (tertiary/aromatic N) is 1.